The van der Waals surface area contributed by atoms with Gasteiger partial charge in [-0.25, -0.2) is 4.98 Å². The van der Waals surface area contributed by atoms with Gasteiger partial charge in [0.15, 0.2) is 0 Å². The van der Waals surface area contributed by atoms with Gasteiger partial charge in [-0.15, -0.1) is 6.58 Å². The van der Waals surface area contributed by atoms with Crippen LogP contribution in [0.1, 0.15) is 36.2 Å². The molecule has 1 amide bonds. The number of allylic oxidation sites excluding steroid dienone is 1. The van der Waals surface area contributed by atoms with Gasteiger partial charge in [0.2, 0.25) is 5.65 Å². The minimum absolute atomic E-state index is 0.121. The topological polar surface area (TPSA) is 59.6 Å². The number of likely N-dealkylation sites (tertiary alicyclic amines) is 1. The summed E-state index contributed by atoms with van der Waals surface area (Å²) in [4.78, 5) is 32.3. The third-order valence-electron chi connectivity index (χ3n) is 5.29. The number of hydrogen-bond acceptors (Lipinski definition) is 3. The first-order valence-corrected chi connectivity index (χ1v) is 10.3. The minimum Gasteiger partial charge on any atom is -0.337 e. The molecule has 3 heterocycles. The predicted molar refractivity (Wildman–Crippen MR) is 114 cm³/mol. The average Bonchev–Trinajstić information content (AvgIpc) is 2.96. The monoisotopic (exact) mass is 410 g/mol. The summed E-state index contributed by atoms with van der Waals surface area (Å²) in [6.07, 6.45) is 9.38. The molecule has 0 atom stereocenters. The number of benzene rings is 1. The fourth-order valence-corrected chi connectivity index (χ4v) is 4.05. The van der Waals surface area contributed by atoms with Gasteiger partial charge in [0, 0.05) is 42.6 Å². The van der Waals surface area contributed by atoms with Crippen LogP contribution in [0.3, 0.4) is 0 Å². The molecule has 7 heteroatoms. The predicted octanol–water partition coefficient (Wildman–Crippen LogP) is 4.02. The number of carbonyl (C=O) groups is 1. The van der Waals surface area contributed by atoms with Crippen LogP contribution in [0.5, 0.6) is 0 Å². The first kappa shape index (κ1) is 19.5. The summed E-state index contributed by atoms with van der Waals surface area (Å²) in [6.45, 7) is 5.54. The van der Waals surface area contributed by atoms with Crippen LogP contribution in [-0.4, -0.2) is 37.8 Å². The Kier molecular flexibility index (Phi) is 5.53. The van der Waals surface area contributed by atoms with E-state index in [9.17, 15) is 9.59 Å². The Hall–Kier alpha value is -2.86. The molecule has 0 bridgehead atoms. The Morgan fingerprint density at radius 2 is 1.86 bits per heavy atom. The van der Waals surface area contributed by atoms with E-state index in [-0.39, 0.29) is 17.1 Å². The van der Waals surface area contributed by atoms with Crippen molar-refractivity contribution in [1.29, 1.82) is 0 Å². The number of hydrogen-bond donors (Lipinski definition) is 0. The van der Waals surface area contributed by atoms with Crippen LogP contribution in [0.4, 0.5) is 0 Å². The lowest BCUT2D eigenvalue weighted by Gasteiger charge is -2.18. The Morgan fingerprint density at radius 3 is 2.55 bits per heavy atom. The number of imidazole rings is 1. The lowest BCUT2D eigenvalue weighted by molar-refractivity contribution is 0.0756. The van der Waals surface area contributed by atoms with Gasteiger partial charge in [0.05, 0.1) is 5.69 Å². The molecule has 4 rings (SSSR count). The fraction of sp³-hybridized carbons (Fsp3) is 0.318. The van der Waals surface area contributed by atoms with Crippen LogP contribution in [0.15, 0.2) is 54.1 Å². The zero-order chi connectivity index (χ0) is 20.4. The standard InChI is InChI=1S/C22H23ClN4O2/c1-2-11-27-19(16-9-5-6-10-17(16)23)15-26-14-18(24-20(26)22(27)29)21(28)25-12-7-3-4-8-13-25/h2,5-6,9-10,14-15H,1,3-4,7-8,11-13H2. The van der Waals surface area contributed by atoms with Gasteiger partial charge < -0.3 is 4.90 Å². The van der Waals surface area contributed by atoms with E-state index in [1.54, 1.807) is 33.5 Å². The van der Waals surface area contributed by atoms with E-state index in [0.29, 0.717) is 23.0 Å². The molecular weight excluding hydrogens is 388 g/mol. The van der Waals surface area contributed by atoms with Crippen molar-refractivity contribution in [3.05, 3.63) is 70.4 Å². The molecule has 0 saturated carbocycles. The van der Waals surface area contributed by atoms with Crippen LogP contribution in [0.25, 0.3) is 16.9 Å². The van der Waals surface area contributed by atoms with Gasteiger partial charge in [-0.1, -0.05) is 48.7 Å². The van der Waals surface area contributed by atoms with Crippen molar-refractivity contribution < 1.29 is 4.79 Å². The van der Waals surface area contributed by atoms with Crippen LogP contribution in [0.2, 0.25) is 5.02 Å². The maximum absolute atomic E-state index is 13.2. The van der Waals surface area contributed by atoms with E-state index >= 15 is 0 Å². The van der Waals surface area contributed by atoms with Crippen molar-refractivity contribution in [2.24, 2.45) is 0 Å². The van der Waals surface area contributed by atoms with Crippen LogP contribution in [0, 0.1) is 0 Å². The second-order valence-corrected chi connectivity index (χ2v) is 7.67. The molecule has 0 radical (unpaired) electrons. The molecule has 1 aliphatic heterocycles. The molecule has 3 aromatic rings. The van der Waals surface area contributed by atoms with Crippen molar-refractivity contribution in [2.75, 3.05) is 13.1 Å². The molecule has 0 N–H and O–H groups in total. The van der Waals surface area contributed by atoms with Gasteiger partial charge in [0.25, 0.3) is 11.5 Å². The maximum Gasteiger partial charge on any atom is 0.295 e. The van der Waals surface area contributed by atoms with Crippen LogP contribution in [-0.2, 0) is 6.54 Å². The first-order valence-electron chi connectivity index (χ1n) is 9.88. The van der Waals surface area contributed by atoms with Crippen molar-refractivity contribution in [1.82, 2.24) is 18.9 Å². The van der Waals surface area contributed by atoms with E-state index in [0.717, 1.165) is 44.3 Å². The molecule has 6 nitrogen and oxygen atoms in total. The normalized spacial score (nSPS) is 14.7. The molecule has 1 fully saturated rings. The Balaban J connectivity index is 1.83. The second-order valence-electron chi connectivity index (χ2n) is 7.26. The van der Waals surface area contributed by atoms with E-state index in [1.165, 1.54) is 0 Å². The minimum atomic E-state index is -0.280. The molecule has 1 aromatic carbocycles. The molecular formula is C22H23ClN4O2. The lowest BCUT2D eigenvalue weighted by Crippen LogP contribution is -2.32. The number of carbonyl (C=O) groups excluding carboxylic acids is 1. The first-order chi connectivity index (χ1) is 14.1. The summed E-state index contributed by atoms with van der Waals surface area (Å²) in [5, 5.41) is 0.546. The third kappa shape index (κ3) is 3.72. The van der Waals surface area contributed by atoms with Crippen molar-refractivity contribution in [3.63, 3.8) is 0 Å². The van der Waals surface area contributed by atoms with Crippen molar-refractivity contribution in [3.8, 4) is 11.3 Å². The summed E-state index contributed by atoms with van der Waals surface area (Å²) in [5.41, 5.74) is 1.63. The van der Waals surface area contributed by atoms with E-state index in [4.69, 9.17) is 11.6 Å². The summed E-state index contributed by atoms with van der Waals surface area (Å²) >= 11 is 6.38. The molecule has 1 saturated heterocycles. The SMILES string of the molecule is C=CCn1c(-c2ccccc2Cl)cn2cc(C(=O)N3CCCCCC3)nc2c1=O. The Labute approximate surface area is 174 Å². The van der Waals surface area contributed by atoms with Crippen molar-refractivity contribution in [2.45, 2.75) is 32.2 Å². The highest BCUT2D eigenvalue weighted by Gasteiger charge is 2.22. The van der Waals surface area contributed by atoms with E-state index < -0.39 is 0 Å². The number of nitrogens with zero attached hydrogens (tertiary/aromatic N) is 4. The zero-order valence-corrected chi connectivity index (χ0v) is 16.9. The smallest absolute Gasteiger partial charge is 0.295 e. The molecule has 150 valence electrons. The highest BCUT2D eigenvalue weighted by atomic mass is 35.5. The van der Waals surface area contributed by atoms with Gasteiger partial charge in [-0.3, -0.25) is 18.6 Å². The van der Waals surface area contributed by atoms with E-state index in [1.807, 2.05) is 23.1 Å². The third-order valence-corrected chi connectivity index (χ3v) is 5.62. The second kappa shape index (κ2) is 8.25. The number of fused-ring (bicyclic) bond motifs is 1. The number of rotatable bonds is 4. The summed E-state index contributed by atoms with van der Waals surface area (Å²) in [5.74, 6) is -0.121. The van der Waals surface area contributed by atoms with Crippen LogP contribution < -0.4 is 5.56 Å². The summed E-state index contributed by atoms with van der Waals surface area (Å²) in [7, 11) is 0. The largest absolute Gasteiger partial charge is 0.337 e. The van der Waals surface area contributed by atoms with Gasteiger partial charge >= 0.3 is 0 Å². The molecule has 29 heavy (non-hydrogen) atoms. The highest BCUT2D eigenvalue weighted by Crippen LogP contribution is 2.27. The summed E-state index contributed by atoms with van der Waals surface area (Å²) in [6, 6.07) is 7.36. The molecule has 1 aliphatic rings. The average molecular weight is 411 g/mol. The number of halogens is 1. The molecule has 0 spiro atoms. The molecule has 0 unspecified atom stereocenters. The fourth-order valence-electron chi connectivity index (χ4n) is 3.81. The van der Waals surface area contributed by atoms with Gasteiger partial charge in [-0.2, -0.15) is 0 Å². The molecule has 2 aromatic heterocycles. The Bertz CT molecular complexity index is 1120. The maximum atomic E-state index is 13.2. The highest BCUT2D eigenvalue weighted by molar-refractivity contribution is 6.33. The molecule has 0 aliphatic carbocycles. The van der Waals surface area contributed by atoms with Crippen LogP contribution >= 0.6 is 11.6 Å². The van der Waals surface area contributed by atoms with Gasteiger partial charge in [0.1, 0.15) is 5.69 Å². The lowest BCUT2D eigenvalue weighted by atomic mass is 10.1. The number of amides is 1. The number of aromatic nitrogens is 3. The summed E-state index contributed by atoms with van der Waals surface area (Å²) < 4.78 is 3.21. The zero-order valence-electron chi connectivity index (χ0n) is 16.2. The van der Waals surface area contributed by atoms with E-state index in [2.05, 4.69) is 11.6 Å². The van der Waals surface area contributed by atoms with Gasteiger partial charge in [-0.05, 0) is 18.9 Å². The Morgan fingerprint density at radius 1 is 1.14 bits per heavy atom. The van der Waals surface area contributed by atoms with Crippen molar-refractivity contribution >= 4 is 23.2 Å². The quantitative estimate of drug-likeness (QED) is 0.610.